The molecule has 1 heterocycles. The summed E-state index contributed by atoms with van der Waals surface area (Å²) in [5.74, 6) is -1.44. The summed E-state index contributed by atoms with van der Waals surface area (Å²) in [7, 11) is 0. The molecule has 6 nitrogen and oxygen atoms in total. The lowest BCUT2D eigenvalue weighted by Crippen LogP contribution is -2.34. The summed E-state index contributed by atoms with van der Waals surface area (Å²) in [4.78, 5) is 36.0. The third-order valence-corrected chi connectivity index (χ3v) is 4.65. The largest absolute Gasteiger partial charge is 0.464 e. The lowest BCUT2D eigenvalue weighted by atomic mass is 9.95. The number of rotatable bonds is 6. The molecule has 0 radical (unpaired) electrons. The van der Waals surface area contributed by atoms with Crippen LogP contribution in [0.3, 0.4) is 0 Å². The fraction of sp³-hybridized carbons (Fsp3) is 0.261. The Morgan fingerprint density at radius 3 is 2.52 bits per heavy atom. The Morgan fingerprint density at radius 2 is 1.83 bits per heavy atom. The molecule has 3 rings (SSSR count). The van der Waals surface area contributed by atoms with E-state index in [9.17, 15) is 14.4 Å². The second-order valence-electron chi connectivity index (χ2n) is 7.20. The molecule has 0 saturated heterocycles. The van der Waals surface area contributed by atoms with Gasteiger partial charge in [-0.3, -0.25) is 19.7 Å². The van der Waals surface area contributed by atoms with Gasteiger partial charge in [0.2, 0.25) is 0 Å². The van der Waals surface area contributed by atoms with E-state index in [0.717, 1.165) is 10.9 Å². The maximum absolute atomic E-state index is 12.2. The van der Waals surface area contributed by atoms with Gasteiger partial charge in [-0.05, 0) is 48.2 Å². The number of amides is 2. The van der Waals surface area contributed by atoms with Crippen molar-refractivity contribution in [2.45, 2.75) is 33.1 Å². The molecule has 2 amide bonds. The van der Waals surface area contributed by atoms with Crippen molar-refractivity contribution in [3.63, 3.8) is 0 Å². The van der Waals surface area contributed by atoms with Crippen LogP contribution in [0, 0.1) is 6.92 Å². The Bertz CT molecular complexity index is 1050. The first kappa shape index (κ1) is 20.3. The number of aryl methyl sites for hydroxylation is 1. The molecule has 2 aromatic carbocycles. The summed E-state index contributed by atoms with van der Waals surface area (Å²) in [5.41, 5.74) is 4.09. The van der Waals surface area contributed by atoms with Crippen molar-refractivity contribution in [2.24, 2.45) is 0 Å². The molecule has 0 aliphatic rings. The monoisotopic (exact) mass is 393 g/mol. The highest BCUT2D eigenvalue weighted by Crippen LogP contribution is 2.29. The number of hydrogen-bond acceptors (Lipinski definition) is 5. The number of fused-ring (bicyclic) bond motifs is 1. The van der Waals surface area contributed by atoms with Crippen LogP contribution in [-0.2, 0) is 20.7 Å². The molecular formula is C23H23NO5. The number of carbonyl (C=O) groups excluding carboxylic acids is 3. The van der Waals surface area contributed by atoms with E-state index in [0.29, 0.717) is 22.6 Å². The second kappa shape index (κ2) is 8.73. The van der Waals surface area contributed by atoms with Crippen LogP contribution < -0.4 is 5.32 Å². The van der Waals surface area contributed by atoms with E-state index in [1.54, 1.807) is 30.3 Å². The van der Waals surface area contributed by atoms with Crippen LogP contribution in [0.15, 0.2) is 53.1 Å². The standard InChI is InChI=1S/C23H23NO5/c1-14(2)18-11-19-17(12-28-20(19)9-15(18)3)10-22(26)29-13-21(25)24-23(27)16-7-5-4-6-8-16/h4-9,11-12,14H,10,13H2,1-3H3,(H,24,25,27). The topological polar surface area (TPSA) is 85.6 Å². The maximum Gasteiger partial charge on any atom is 0.310 e. The summed E-state index contributed by atoms with van der Waals surface area (Å²) in [6.07, 6.45) is 1.52. The van der Waals surface area contributed by atoms with E-state index < -0.39 is 24.4 Å². The Morgan fingerprint density at radius 1 is 1.10 bits per heavy atom. The Kier molecular flexibility index (Phi) is 6.12. The quantitative estimate of drug-likeness (QED) is 0.642. The van der Waals surface area contributed by atoms with Crippen LogP contribution in [-0.4, -0.2) is 24.4 Å². The van der Waals surface area contributed by atoms with Gasteiger partial charge in [0.1, 0.15) is 5.58 Å². The Balaban J connectivity index is 1.59. The lowest BCUT2D eigenvalue weighted by Gasteiger charge is -2.10. The number of benzene rings is 2. The predicted octanol–water partition coefficient (Wildman–Crippen LogP) is 3.91. The molecule has 0 bridgehead atoms. The number of hydrogen-bond donors (Lipinski definition) is 1. The summed E-state index contributed by atoms with van der Waals surface area (Å²) in [6.45, 7) is 5.72. The van der Waals surface area contributed by atoms with Crippen LogP contribution in [0.1, 0.15) is 46.8 Å². The van der Waals surface area contributed by atoms with Gasteiger partial charge in [-0.1, -0.05) is 32.0 Å². The van der Waals surface area contributed by atoms with Gasteiger partial charge in [0.05, 0.1) is 12.7 Å². The highest BCUT2D eigenvalue weighted by atomic mass is 16.5. The third-order valence-electron chi connectivity index (χ3n) is 4.65. The first-order chi connectivity index (χ1) is 13.8. The van der Waals surface area contributed by atoms with Crippen molar-refractivity contribution in [3.05, 3.63) is 71.0 Å². The van der Waals surface area contributed by atoms with Gasteiger partial charge >= 0.3 is 5.97 Å². The van der Waals surface area contributed by atoms with Crippen molar-refractivity contribution < 1.29 is 23.5 Å². The summed E-state index contributed by atoms with van der Waals surface area (Å²) < 4.78 is 10.6. The van der Waals surface area contributed by atoms with Gasteiger partial charge in [0, 0.05) is 16.5 Å². The van der Waals surface area contributed by atoms with Crippen LogP contribution in [0.2, 0.25) is 0 Å². The number of carbonyl (C=O) groups is 3. The minimum absolute atomic E-state index is 0.0203. The van der Waals surface area contributed by atoms with Crippen LogP contribution in [0.5, 0.6) is 0 Å². The number of ether oxygens (including phenoxy) is 1. The van der Waals surface area contributed by atoms with Gasteiger partial charge in [-0.25, -0.2) is 0 Å². The number of imide groups is 1. The van der Waals surface area contributed by atoms with Crippen molar-refractivity contribution in [1.82, 2.24) is 5.32 Å². The minimum atomic E-state index is -0.679. The van der Waals surface area contributed by atoms with Crippen molar-refractivity contribution >= 4 is 28.8 Å². The average molecular weight is 393 g/mol. The van der Waals surface area contributed by atoms with E-state index in [1.165, 1.54) is 11.8 Å². The predicted molar refractivity (Wildman–Crippen MR) is 109 cm³/mol. The fourth-order valence-corrected chi connectivity index (χ4v) is 3.18. The molecule has 0 atom stereocenters. The van der Waals surface area contributed by atoms with Gasteiger partial charge in [-0.15, -0.1) is 0 Å². The molecule has 0 aliphatic carbocycles. The van der Waals surface area contributed by atoms with E-state index >= 15 is 0 Å². The molecule has 0 aliphatic heterocycles. The van der Waals surface area contributed by atoms with Crippen molar-refractivity contribution in [2.75, 3.05) is 6.61 Å². The summed E-state index contributed by atoms with van der Waals surface area (Å²) in [6, 6.07) is 12.3. The molecule has 0 fully saturated rings. The molecule has 1 aromatic heterocycles. The Hall–Kier alpha value is -3.41. The molecule has 6 heteroatoms. The highest BCUT2D eigenvalue weighted by Gasteiger charge is 2.16. The molecular weight excluding hydrogens is 370 g/mol. The molecule has 3 aromatic rings. The SMILES string of the molecule is Cc1cc2occ(CC(=O)OCC(=O)NC(=O)c3ccccc3)c2cc1C(C)C. The summed E-state index contributed by atoms with van der Waals surface area (Å²) in [5, 5.41) is 3.05. The molecule has 1 N–H and O–H groups in total. The van der Waals surface area contributed by atoms with Crippen LogP contribution in [0.4, 0.5) is 0 Å². The first-order valence-electron chi connectivity index (χ1n) is 9.40. The normalized spacial score (nSPS) is 10.9. The molecule has 0 saturated carbocycles. The lowest BCUT2D eigenvalue weighted by molar-refractivity contribution is -0.147. The van der Waals surface area contributed by atoms with E-state index in [4.69, 9.17) is 9.15 Å². The van der Waals surface area contributed by atoms with E-state index in [1.807, 2.05) is 19.1 Å². The fourth-order valence-electron chi connectivity index (χ4n) is 3.18. The van der Waals surface area contributed by atoms with Crippen molar-refractivity contribution in [1.29, 1.82) is 0 Å². The van der Waals surface area contributed by atoms with Crippen molar-refractivity contribution in [3.8, 4) is 0 Å². The minimum Gasteiger partial charge on any atom is -0.464 e. The average Bonchev–Trinajstić information content (AvgIpc) is 3.07. The number of furan rings is 1. The van der Waals surface area contributed by atoms with Crippen LogP contribution >= 0.6 is 0 Å². The first-order valence-corrected chi connectivity index (χ1v) is 9.40. The highest BCUT2D eigenvalue weighted by molar-refractivity contribution is 6.05. The van der Waals surface area contributed by atoms with Gasteiger partial charge in [-0.2, -0.15) is 0 Å². The smallest absolute Gasteiger partial charge is 0.310 e. The number of esters is 1. The maximum atomic E-state index is 12.2. The summed E-state index contributed by atoms with van der Waals surface area (Å²) >= 11 is 0. The van der Waals surface area contributed by atoms with E-state index in [2.05, 4.69) is 19.2 Å². The zero-order valence-electron chi connectivity index (χ0n) is 16.7. The Labute approximate surface area is 168 Å². The second-order valence-corrected chi connectivity index (χ2v) is 7.20. The van der Waals surface area contributed by atoms with E-state index in [-0.39, 0.29) is 6.42 Å². The third kappa shape index (κ3) is 4.90. The zero-order chi connectivity index (χ0) is 21.0. The van der Waals surface area contributed by atoms with Crippen LogP contribution in [0.25, 0.3) is 11.0 Å². The molecule has 0 unspecified atom stereocenters. The zero-order valence-corrected chi connectivity index (χ0v) is 16.7. The molecule has 150 valence electrons. The molecule has 29 heavy (non-hydrogen) atoms. The van der Waals surface area contributed by atoms with Gasteiger partial charge in [0.25, 0.3) is 11.8 Å². The van der Waals surface area contributed by atoms with Gasteiger partial charge < -0.3 is 9.15 Å². The number of nitrogens with one attached hydrogen (secondary N) is 1. The molecule has 0 spiro atoms. The van der Waals surface area contributed by atoms with Gasteiger partial charge in [0.15, 0.2) is 6.61 Å².